The molecule has 0 aliphatic carbocycles. The van der Waals surface area contributed by atoms with Gasteiger partial charge in [-0.25, -0.2) is 9.18 Å². The van der Waals surface area contributed by atoms with Gasteiger partial charge in [-0.2, -0.15) is 0 Å². The van der Waals surface area contributed by atoms with Crippen LogP contribution >= 0.6 is 0 Å². The fraction of sp³-hybridized carbons (Fsp3) is 0.308. The third-order valence-corrected chi connectivity index (χ3v) is 6.82. The van der Waals surface area contributed by atoms with Crippen molar-refractivity contribution in [2.75, 3.05) is 33.3 Å². The molecule has 2 fully saturated rings. The number of carbonyl (C=O) groups excluding carboxylic acids is 4. The van der Waals surface area contributed by atoms with Crippen molar-refractivity contribution in [1.29, 1.82) is 0 Å². The molecule has 10 nitrogen and oxygen atoms in total. The minimum absolute atomic E-state index is 0.154. The van der Waals surface area contributed by atoms with E-state index in [-0.39, 0.29) is 42.6 Å². The molecule has 1 spiro atoms. The minimum atomic E-state index is -1.60. The SMILES string of the molecule is COc1ccc(C=CC(=O)N2CCN(C(=O)C3CC4(NC(=O)NC4=O)c4cc(F)ccc4O3)CC2)cc1. The number of hydrogen-bond acceptors (Lipinski definition) is 6. The van der Waals surface area contributed by atoms with Crippen LogP contribution in [0, 0.1) is 5.82 Å². The number of nitrogens with one attached hydrogen (secondary N) is 2. The highest BCUT2D eigenvalue weighted by molar-refractivity contribution is 6.08. The number of ether oxygens (including phenoxy) is 2. The topological polar surface area (TPSA) is 117 Å². The summed E-state index contributed by atoms with van der Waals surface area (Å²) in [5, 5.41) is 4.74. The van der Waals surface area contributed by atoms with Crippen LogP contribution in [0.15, 0.2) is 48.5 Å². The van der Waals surface area contributed by atoms with Crippen molar-refractivity contribution in [3.05, 3.63) is 65.5 Å². The Morgan fingerprint density at radius 2 is 1.78 bits per heavy atom. The maximum Gasteiger partial charge on any atom is 0.322 e. The summed E-state index contributed by atoms with van der Waals surface area (Å²) in [5.41, 5.74) is -0.578. The summed E-state index contributed by atoms with van der Waals surface area (Å²) in [6.07, 6.45) is 1.96. The lowest BCUT2D eigenvalue weighted by atomic mass is 9.81. The summed E-state index contributed by atoms with van der Waals surface area (Å²) in [6, 6.07) is 10.2. The number of carbonyl (C=O) groups is 4. The smallest absolute Gasteiger partial charge is 0.322 e. The predicted molar refractivity (Wildman–Crippen MR) is 129 cm³/mol. The van der Waals surface area contributed by atoms with E-state index in [4.69, 9.17) is 9.47 Å². The lowest BCUT2D eigenvalue weighted by molar-refractivity contribution is -0.145. The largest absolute Gasteiger partial charge is 0.497 e. The van der Waals surface area contributed by atoms with E-state index in [1.165, 1.54) is 12.1 Å². The molecule has 3 aliphatic rings. The molecule has 5 rings (SSSR count). The Kier molecular flexibility index (Phi) is 6.28. The zero-order valence-electron chi connectivity index (χ0n) is 20.0. The standard InChI is InChI=1S/C26H25FN4O6/c1-36-18-6-2-16(3-7-18)4-9-22(32)30-10-12-31(13-11-30)23(33)21-15-26(24(34)28-25(35)29-26)19-14-17(27)5-8-20(19)37-21/h2-9,14,21H,10-13,15H2,1H3,(H2,28,29,34,35). The van der Waals surface area contributed by atoms with Gasteiger partial charge in [0.1, 0.15) is 17.3 Å². The monoisotopic (exact) mass is 508 g/mol. The number of halogens is 1. The van der Waals surface area contributed by atoms with Gasteiger partial charge in [0.2, 0.25) is 5.91 Å². The Balaban J connectivity index is 1.24. The molecule has 2 N–H and O–H groups in total. The second kappa shape index (κ2) is 9.57. The lowest BCUT2D eigenvalue weighted by Gasteiger charge is -2.40. The van der Waals surface area contributed by atoms with Gasteiger partial charge in [0.25, 0.3) is 11.8 Å². The first kappa shape index (κ1) is 24.3. The molecule has 3 aliphatic heterocycles. The van der Waals surface area contributed by atoms with Crippen molar-refractivity contribution < 1.29 is 33.0 Å². The summed E-state index contributed by atoms with van der Waals surface area (Å²) >= 11 is 0. The fourth-order valence-corrected chi connectivity index (χ4v) is 4.82. The van der Waals surface area contributed by atoms with Gasteiger partial charge in [-0.15, -0.1) is 0 Å². The maximum atomic E-state index is 14.0. The van der Waals surface area contributed by atoms with E-state index in [0.29, 0.717) is 13.1 Å². The van der Waals surface area contributed by atoms with Crippen LogP contribution in [0.4, 0.5) is 9.18 Å². The van der Waals surface area contributed by atoms with E-state index in [1.54, 1.807) is 23.0 Å². The highest BCUT2D eigenvalue weighted by atomic mass is 19.1. The summed E-state index contributed by atoms with van der Waals surface area (Å²) in [6.45, 7) is 1.22. The van der Waals surface area contributed by atoms with Crippen LogP contribution in [0.2, 0.25) is 0 Å². The molecule has 2 aromatic carbocycles. The minimum Gasteiger partial charge on any atom is -0.497 e. The number of imide groups is 1. The third-order valence-electron chi connectivity index (χ3n) is 6.82. The first-order chi connectivity index (χ1) is 17.8. The van der Waals surface area contributed by atoms with Crippen molar-refractivity contribution in [2.24, 2.45) is 0 Å². The number of amides is 5. The van der Waals surface area contributed by atoms with E-state index in [1.807, 2.05) is 24.3 Å². The number of urea groups is 1. The number of fused-ring (bicyclic) bond motifs is 2. The maximum absolute atomic E-state index is 14.0. The molecular weight excluding hydrogens is 483 g/mol. The number of methoxy groups -OCH3 is 1. The zero-order chi connectivity index (χ0) is 26.2. The van der Waals surface area contributed by atoms with Crippen molar-refractivity contribution in [2.45, 2.75) is 18.1 Å². The van der Waals surface area contributed by atoms with Gasteiger partial charge in [0, 0.05) is 44.2 Å². The van der Waals surface area contributed by atoms with Gasteiger partial charge in [-0.05, 0) is 42.0 Å². The molecule has 2 unspecified atom stereocenters. The molecule has 0 bridgehead atoms. The van der Waals surface area contributed by atoms with Crippen LogP contribution in [0.3, 0.4) is 0 Å². The van der Waals surface area contributed by atoms with Crippen LogP contribution in [0.5, 0.6) is 11.5 Å². The molecule has 2 saturated heterocycles. The van der Waals surface area contributed by atoms with Crippen molar-refractivity contribution in [3.63, 3.8) is 0 Å². The molecule has 192 valence electrons. The number of rotatable bonds is 4. The fourth-order valence-electron chi connectivity index (χ4n) is 4.82. The summed E-state index contributed by atoms with van der Waals surface area (Å²) < 4.78 is 25.0. The van der Waals surface area contributed by atoms with E-state index in [9.17, 15) is 23.6 Å². The number of piperazine rings is 1. The molecule has 2 aromatic rings. The number of nitrogens with zero attached hydrogens (tertiary/aromatic N) is 2. The first-order valence-electron chi connectivity index (χ1n) is 11.8. The van der Waals surface area contributed by atoms with Crippen LogP contribution in [-0.2, 0) is 19.9 Å². The van der Waals surface area contributed by atoms with Gasteiger partial charge in [0.15, 0.2) is 11.6 Å². The average molecular weight is 509 g/mol. The van der Waals surface area contributed by atoms with Gasteiger partial charge in [-0.1, -0.05) is 12.1 Å². The third kappa shape index (κ3) is 4.59. The van der Waals surface area contributed by atoms with Gasteiger partial charge >= 0.3 is 6.03 Å². The second-order valence-electron chi connectivity index (χ2n) is 9.02. The Morgan fingerprint density at radius 1 is 1.08 bits per heavy atom. The molecule has 2 atom stereocenters. The van der Waals surface area contributed by atoms with Crippen LogP contribution < -0.4 is 20.1 Å². The van der Waals surface area contributed by atoms with Gasteiger partial charge in [-0.3, -0.25) is 19.7 Å². The quantitative estimate of drug-likeness (QED) is 0.477. The van der Waals surface area contributed by atoms with Crippen LogP contribution in [0.1, 0.15) is 17.5 Å². The number of hydrogen-bond donors (Lipinski definition) is 2. The van der Waals surface area contributed by atoms with Crippen molar-refractivity contribution >= 4 is 29.8 Å². The van der Waals surface area contributed by atoms with Crippen molar-refractivity contribution in [3.8, 4) is 11.5 Å². The Morgan fingerprint density at radius 3 is 2.43 bits per heavy atom. The molecule has 0 radical (unpaired) electrons. The van der Waals surface area contributed by atoms with E-state index in [2.05, 4.69) is 10.6 Å². The van der Waals surface area contributed by atoms with Crippen molar-refractivity contribution in [1.82, 2.24) is 20.4 Å². The molecule has 3 heterocycles. The highest BCUT2D eigenvalue weighted by Gasteiger charge is 2.55. The molecule has 5 amide bonds. The highest BCUT2D eigenvalue weighted by Crippen LogP contribution is 2.42. The van der Waals surface area contributed by atoms with Crippen LogP contribution in [0.25, 0.3) is 6.08 Å². The lowest BCUT2D eigenvalue weighted by Crippen LogP contribution is -2.57. The summed E-state index contributed by atoms with van der Waals surface area (Å²) in [4.78, 5) is 53.9. The Labute approximate surface area is 212 Å². The normalized spacial score (nSPS) is 22.9. The molecular formula is C26H25FN4O6. The predicted octanol–water partition coefficient (Wildman–Crippen LogP) is 1.40. The average Bonchev–Trinajstić information content (AvgIpc) is 3.20. The molecule has 37 heavy (non-hydrogen) atoms. The Bertz CT molecular complexity index is 1290. The van der Waals surface area contributed by atoms with E-state index >= 15 is 0 Å². The second-order valence-corrected chi connectivity index (χ2v) is 9.02. The Hall–Kier alpha value is -4.41. The van der Waals surface area contributed by atoms with E-state index < -0.39 is 29.4 Å². The van der Waals surface area contributed by atoms with Gasteiger partial charge in [0.05, 0.1) is 7.11 Å². The molecule has 0 aromatic heterocycles. The molecule has 0 saturated carbocycles. The van der Waals surface area contributed by atoms with E-state index in [0.717, 1.165) is 23.4 Å². The summed E-state index contributed by atoms with van der Waals surface area (Å²) in [7, 11) is 1.58. The number of benzene rings is 2. The van der Waals surface area contributed by atoms with Crippen LogP contribution in [-0.4, -0.2) is 72.9 Å². The molecule has 11 heteroatoms. The first-order valence-corrected chi connectivity index (χ1v) is 11.8. The zero-order valence-corrected chi connectivity index (χ0v) is 20.0. The van der Waals surface area contributed by atoms with Gasteiger partial charge < -0.3 is 24.6 Å². The summed E-state index contributed by atoms with van der Waals surface area (Å²) in [5.74, 6) is -0.919.